The average Bonchev–Trinajstić information content (AvgIpc) is 2.27. The maximum absolute atomic E-state index is 12.4. The molecule has 0 aliphatic heterocycles. The van der Waals surface area contributed by atoms with E-state index in [9.17, 15) is 18.0 Å². The third-order valence-electron chi connectivity index (χ3n) is 2.15. The molecule has 0 N–H and O–H groups in total. The number of esters is 1. The summed E-state index contributed by atoms with van der Waals surface area (Å²) in [6.07, 6.45) is -4.35. The lowest BCUT2D eigenvalue weighted by Crippen LogP contribution is -2.08. The minimum Gasteiger partial charge on any atom is -0.466 e. The topological polar surface area (TPSA) is 26.3 Å². The van der Waals surface area contributed by atoms with E-state index in [-0.39, 0.29) is 12.0 Å². The van der Waals surface area contributed by atoms with Crippen molar-refractivity contribution < 1.29 is 22.7 Å². The zero-order valence-corrected chi connectivity index (χ0v) is 9.17. The highest BCUT2D eigenvalue weighted by atomic mass is 19.4. The van der Waals surface area contributed by atoms with Gasteiger partial charge in [-0.25, -0.2) is 4.79 Å². The van der Waals surface area contributed by atoms with Gasteiger partial charge in [0.1, 0.15) is 0 Å². The monoisotopic (exact) mass is 244 g/mol. The summed E-state index contributed by atoms with van der Waals surface area (Å²) in [7, 11) is 1.19. The lowest BCUT2D eigenvalue weighted by Gasteiger charge is -2.09. The highest BCUT2D eigenvalue weighted by molar-refractivity contribution is 5.88. The van der Waals surface area contributed by atoms with Crippen molar-refractivity contribution >= 4 is 5.97 Å². The van der Waals surface area contributed by atoms with Gasteiger partial charge in [-0.05, 0) is 11.6 Å². The molecule has 0 heterocycles. The quantitative estimate of drug-likeness (QED) is 0.603. The van der Waals surface area contributed by atoms with Gasteiger partial charge < -0.3 is 4.74 Å². The molecule has 0 bridgehead atoms. The molecule has 0 saturated carbocycles. The SMILES string of the molecule is C=C(Cc1cccc(C(F)(F)F)c1)C(=O)OC. The van der Waals surface area contributed by atoms with Gasteiger partial charge in [-0.2, -0.15) is 13.2 Å². The van der Waals surface area contributed by atoms with Crippen molar-refractivity contribution in [1.29, 1.82) is 0 Å². The van der Waals surface area contributed by atoms with E-state index < -0.39 is 17.7 Å². The molecular weight excluding hydrogens is 233 g/mol. The summed E-state index contributed by atoms with van der Waals surface area (Å²) in [5, 5.41) is 0. The van der Waals surface area contributed by atoms with Crippen molar-refractivity contribution in [3.63, 3.8) is 0 Å². The molecule has 0 aliphatic carbocycles. The fourth-order valence-corrected chi connectivity index (χ4v) is 1.32. The van der Waals surface area contributed by atoms with Crippen LogP contribution < -0.4 is 0 Å². The van der Waals surface area contributed by atoms with Gasteiger partial charge in [0.25, 0.3) is 0 Å². The predicted octanol–water partition coefficient (Wildman–Crippen LogP) is 2.98. The van der Waals surface area contributed by atoms with E-state index in [0.29, 0.717) is 5.56 Å². The average molecular weight is 244 g/mol. The third-order valence-corrected chi connectivity index (χ3v) is 2.15. The molecule has 0 unspecified atom stereocenters. The Balaban J connectivity index is 2.87. The number of alkyl halides is 3. The molecule has 17 heavy (non-hydrogen) atoms. The first-order valence-corrected chi connectivity index (χ1v) is 4.77. The fraction of sp³-hybridized carbons (Fsp3) is 0.250. The number of methoxy groups -OCH3 is 1. The largest absolute Gasteiger partial charge is 0.466 e. The minimum absolute atomic E-state index is 0.0383. The standard InChI is InChI=1S/C12H11F3O2/c1-8(11(16)17-2)6-9-4-3-5-10(7-9)12(13,14)15/h3-5,7H,1,6H2,2H3. The Labute approximate surface area is 96.7 Å². The normalized spacial score (nSPS) is 11.1. The molecule has 0 saturated heterocycles. The second-order valence-electron chi connectivity index (χ2n) is 3.47. The third kappa shape index (κ3) is 3.62. The number of ether oxygens (including phenoxy) is 1. The molecule has 0 amide bonds. The van der Waals surface area contributed by atoms with Crippen LogP contribution in [0.5, 0.6) is 0 Å². The van der Waals surface area contributed by atoms with Crippen LogP contribution in [0.15, 0.2) is 36.4 Å². The van der Waals surface area contributed by atoms with Crippen molar-refractivity contribution in [2.24, 2.45) is 0 Å². The highest BCUT2D eigenvalue weighted by Gasteiger charge is 2.30. The Morgan fingerprint density at radius 2 is 2.06 bits per heavy atom. The van der Waals surface area contributed by atoms with Crippen molar-refractivity contribution in [3.05, 3.63) is 47.5 Å². The van der Waals surface area contributed by atoms with Crippen molar-refractivity contribution in [2.45, 2.75) is 12.6 Å². The van der Waals surface area contributed by atoms with Crippen LogP contribution in [0, 0.1) is 0 Å². The first-order chi connectivity index (χ1) is 7.84. The lowest BCUT2D eigenvalue weighted by molar-refractivity contribution is -0.137. The van der Waals surface area contributed by atoms with Gasteiger partial charge in [-0.1, -0.05) is 24.8 Å². The van der Waals surface area contributed by atoms with Crippen molar-refractivity contribution in [3.8, 4) is 0 Å². The number of hydrogen-bond donors (Lipinski definition) is 0. The first-order valence-electron chi connectivity index (χ1n) is 4.77. The number of rotatable bonds is 3. The Hall–Kier alpha value is -1.78. The van der Waals surface area contributed by atoms with E-state index in [4.69, 9.17) is 0 Å². The molecular formula is C12H11F3O2. The summed E-state index contributed by atoms with van der Waals surface area (Å²) >= 11 is 0. The Morgan fingerprint density at radius 1 is 1.41 bits per heavy atom. The summed E-state index contributed by atoms with van der Waals surface area (Å²) in [6, 6.07) is 4.77. The van der Waals surface area contributed by atoms with Gasteiger partial charge >= 0.3 is 12.1 Å². The van der Waals surface area contributed by atoms with Crippen LogP contribution in [0.1, 0.15) is 11.1 Å². The van der Waals surface area contributed by atoms with Gasteiger partial charge in [-0.15, -0.1) is 0 Å². The number of hydrogen-bond acceptors (Lipinski definition) is 2. The predicted molar refractivity (Wildman–Crippen MR) is 56.3 cm³/mol. The first kappa shape index (κ1) is 13.3. The van der Waals surface area contributed by atoms with E-state index in [1.165, 1.54) is 19.2 Å². The molecule has 0 aliphatic rings. The second-order valence-corrected chi connectivity index (χ2v) is 3.47. The molecule has 0 radical (unpaired) electrons. The Morgan fingerprint density at radius 3 is 2.59 bits per heavy atom. The Bertz CT molecular complexity index is 436. The van der Waals surface area contributed by atoms with E-state index in [1.807, 2.05) is 0 Å². The maximum atomic E-state index is 12.4. The molecule has 0 aromatic heterocycles. The van der Waals surface area contributed by atoms with Crippen LogP contribution >= 0.6 is 0 Å². The second kappa shape index (κ2) is 5.03. The van der Waals surface area contributed by atoms with Crippen LogP contribution in [-0.4, -0.2) is 13.1 Å². The highest BCUT2D eigenvalue weighted by Crippen LogP contribution is 2.29. The molecule has 92 valence electrons. The molecule has 1 rings (SSSR count). The van der Waals surface area contributed by atoms with Gasteiger partial charge in [-0.3, -0.25) is 0 Å². The molecule has 0 spiro atoms. The Kier molecular flexibility index (Phi) is 3.93. The summed E-state index contributed by atoms with van der Waals surface area (Å²) in [4.78, 5) is 11.1. The van der Waals surface area contributed by atoms with Crippen LogP contribution in [0.25, 0.3) is 0 Å². The van der Waals surface area contributed by atoms with Crippen LogP contribution in [-0.2, 0) is 22.1 Å². The molecule has 2 nitrogen and oxygen atoms in total. The van der Waals surface area contributed by atoms with Gasteiger partial charge in [0, 0.05) is 12.0 Å². The molecule has 5 heteroatoms. The van der Waals surface area contributed by atoms with Crippen molar-refractivity contribution in [1.82, 2.24) is 0 Å². The van der Waals surface area contributed by atoms with Gasteiger partial charge in [0.05, 0.1) is 12.7 Å². The number of halogens is 3. The molecule has 0 fully saturated rings. The van der Waals surface area contributed by atoms with E-state index in [0.717, 1.165) is 12.1 Å². The van der Waals surface area contributed by atoms with Crippen LogP contribution in [0.4, 0.5) is 13.2 Å². The molecule has 1 aromatic rings. The summed E-state index contributed by atoms with van der Waals surface area (Å²) < 4.78 is 41.7. The van der Waals surface area contributed by atoms with E-state index >= 15 is 0 Å². The molecule has 0 atom stereocenters. The molecule has 1 aromatic carbocycles. The number of carbonyl (C=O) groups is 1. The smallest absolute Gasteiger partial charge is 0.416 e. The minimum atomic E-state index is -4.39. The van der Waals surface area contributed by atoms with Gasteiger partial charge in [0.2, 0.25) is 0 Å². The summed E-state index contributed by atoms with van der Waals surface area (Å²) in [5.41, 5.74) is -0.255. The number of carbonyl (C=O) groups excluding carboxylic acids is 1. The summed E-state index contributed by atoms with van der Waals surface area (Å²) in [5.74, 6) is -0.623. The fourth-order valence-electron chi connectivity index (χ4n) is 1.32. The van der Waals surface area contributed by atoms with Crippen molar-refractivity contribution in [2.75, 3.05) is 7.11 Å². The van der Waals surface area contributed by atoms with Crippen LogP contribution in [0.3, 0.4) is 0 Å². The summed E-state index contributed by atoms with van der Waals surface area (Å²) in [6.45, 7) is 3.46. The zero-order valence-electron chi connectivity index (χ0n) is 9.17. The zero-order chi connectivity index (χ0) is 13.1. The maximum Gasteiger partial charge on any atom is 0.416 e. The van der Waals surface area contributed by atoms with E-state index in [1.54, 1.807) is 0 Å². The lowest BCUT2D eigenvalue weighted by atomic mass is 10.0. The number of benzene rings is 1. The van der Waals surface area contributed by atoms with Crippen LogP contribution in [0.2, 0.25) is 0 Å². The van der Waals surface area contributed by atoms with E-state index in [2.05, 4.69) is 11.3 Å². The van der Waals surface area contributed by atoms with Gasteiger partial charge in [0.15, 0.2) is 0 Å².